The molecule has 6 aliphatic rings. The zero-order valence-electron chi connectivity index (χ0n) is 25.3. The van der Waals surface area contributed by atoms with Gasteiger partial charge in [0.15, 0.2) is 5.69 Å². The first-order valence-corrected chi connectivity index (χ1v) is 16.4. The molecule has 1 aromatic heterocycles. The molecular weight excluding hydrogens is 500 g/mol. The number of carbonyl (C=O) groups excluding carboxylic acids is 1. The van der Waals surface area contributed by atoms with Crippen LogP contribution in [0.4, 0.5) is 0 Å². The normalized spacial score (nSPS) is 46.4. The molecule has 1 N–H and O–H groups in total. The predicted octanol–water partition coefficient (Wildman–Crippen LogP) is 6.12. The quantitative estimate of drug-likeness (QED) is 0.361. The van der Waals surface area contributed by atoms with E-state index in [0.29, 0.717) is 53.7 Å². The van der Waals surface area contributed by atoms with Crippen LogP contribution in [-0.2, 0) is 9.47 Å². The SMILES string of the molecule is CCOC(=O)c1cn([C@H]2CC[C@@]3(C)[C@H](CC[C@H]4[C@@H]5CC[C@@]6(CC(C)=C5C[C@@H]43)O[C@@H]3C[C@H](C)CN[C@H]3[C@H]6C)C2)nn1. The van der Waals surface area contributed by atoms with Gasteiger partial charge in [-0.2, -0.15) is 0 Å². The van der Waals surface area contributed by atoms with Gasteiger partial charge in [0.05, 0.1) is 30.6 Å². The molecule has 7 nitrogen and oxygen atoms in total. The summed E-state index contributed by atoms with van der Waals surface area (Å²) >= 11 is 0. The highest BCUT2D eigenvalue weighted by atomic mass is 16.5. The molecule has 3 saturated carbocycles. The molecule has 40 heavy (non-hydrogen) atoms. The third kappa shape index (κ3) is 4.15. The van der Waals surface area contributed by atoms with E-state index >= 15 is 0 Å². The lowest BCUT2D eigenvalue weighted by Gasteiger charge is -2.54. The van der Waals surface area contributed by atoms with E-state index in [9.17, 15) is 4.79 Å². The topological polar surface area (TPSA) is 78.3 Å². The van der Waals surface area contributed by atoms with Crippen molar-refractivity contribution in [2.75, 3.05) is 13.2 Å². The molecule has 1 aromatic rings. The van der Waals surface area contributed by atoms with Gasteiger partial charge in [0.25, 0.3) is 0 Å². The van der Waals surface area contributed by atoms with Crippen LogP contribution < -0.4 is 5.32 Å². The number of ether oxygens (including phenoxy) is 2. The number of carbonyl (C=O) groups is 1. The summed E-state index contributed by atoms with van der Waals surface area (Å²) in [6.07, 6.45) is 14.6. The monoisotopic (exact) mass is 550 g/mol. The summed E-state index contributed by atoms with van der Waals surface area (Å²) in [6, 6.07) is 0.862. The van der Waals surface area contributed by atoms with E-state index in [4.69, 9.17) is 9.47 Å². The summed E-state index contributed by atoms with van der Waals surface area (Å²) in [6.45, 7) is 13.3. The van der Waals surface area contributed by atoms with Crippen LogP contribution in [0.1, 0.15) is 115 Å². The average Bonchev–Trinajstić information content (AvgIpc) is 3.61. The van der Waals surface area contributed by atoms with Crippen molar-refractivity contribution >= 4 is 5.97 Å². The number of hydrogen-bond donors (Lipinski definition) is 1. The molecule has 3 heterocycles. The van der Waals surface area contributed by atoms with E-state index in [2.05, 4.69) is 43.3 Å². The van der Waals surface area contributed by atoms with Gasteiger partial charge in [-0.05, 0) is 120 Å². The number of aromatic nitrogens is 3. The standard InChI is InChI=1S/C33H50N4O3/c1-6-39-31(38)28-18-37(36-35-28)23-9-11-32(5)22(14-23)7-8-25-24-10-12-33(16-20(3)26(24)15-27(25)32)21(4)30-29(40-33)13-19(2)17-34-30/h18-19,21-25,27,29-30,34H,6-17H2,1-5H3/t19-,21+,22+,23-,24-,25-,27-,29+,30-,32-,33-/m0/s1. The van der Waals surface area contributed by atoms with E-state index in [0.717, 1.165) is 43.6 Å². The Morgan fingerprint density at radius 1 is 1.20 bits per heavy atom. The number of hydrogen-bond acceptors (Lipinski definition) is 6. The fourth-order valence-electron chi connectivity index (χ4n) is 10.8. The van der Waals surface area contributed by atoms with Crippen LogP contribution in [0.2, 0.25) is 0 Å². The van der Waals surface area contributed by atoms with Crippen LogP contribution >= 0.6 is 0 Å². The fourth-order valence-corrected chi connectivity index (χ4v) is 10.8. The van der Waals surface area contributed by atoms with Gasteiger partial charge in [-0.3, -0.25) is 0 Å². The van der Waals surface area contributed by atoms with E-state index in [1.165, 1.54) is 44.9 Å². The van der Waals surface area contributed by atoms with E-state index < -0.39 is 0 Å². The van der Waals surface area contributed by atoms with Crippen molar-refractivity contribution in [3.8, 4) is 0 Å². The highest BCUT2D eigenvalue weighted by molar-refractivity contribution is 5.86. The number of fused-ring (bicyclic) bond motifs is 6. The Bertz CT molecular complexity index is 1180. The van der Waals surface area contributed by atoms with Crippen LogP contribution in [0.15, 0.2) is 17.3 Å². The number of allylic oxidation sites excluding steroid dienone is 1. The molecule has 0 unspecified atom stereocenters. The summed E-state index contributed by atoms with van der Waals surface area (Å²) in [7, 11) is 0. The number of rotatable bonds is 3. The summed E-state index contributed by atoms with van der Waals surface area (Å²) in [5.41, 5.74) is 4.24. The molecular formula is C33H50N4O3. The molecule has 4 aliphatic carbocycles. The first-order valence-electron chi connectivity index (χ1n) is 16.4. The predicted molar refractivity (Wildman–Crippen MR) is 154 cm³/mol. The minimum atomic E-state index is -0.369. The Morgan fingerprint density at radius 2 is 2.05 bits per heavy atom. The van der Waals surface area contributed by atoms with E-state index in [1.54, 1.807) is 5.57 Å². The molecule has 7 rings (SSSR count). The van der Waals surface area contributed by atoms with Crippen LogP contribution in [0.3, 0.4) is 0 Å². The van der Waals surface area contributed by atoms with Gasteiger partial charge in [0.1, 0.15) is 0 Å². The molecule has 0 amide bonds. The second kappa shape index (κ2) is 9.93. The lowest BCUT2D eigenvalue weighted by molar-refractivity contribution is -0.0753. The number of piperidine rings is 1. The van der Waals surface area contributed by atoms with Gasteiger partial charge in [-0.15, -0.1) is 5.10 Å². The molecule has 0 bridgehead atoms. The first kappa shape index (κ1) is 27.1. The van der Waals surface area contributed by atoms with Crippen molar-refractivity contribution < 1.29 is 14.3 Å². The average molecular weight is 551 g/mol. The first-order chi connectivity index (χ1) is 19.2. The third-order valence-electron chi connectivity index (χ3n) is 13.0. The molecule has 2 aliphatic heterocycles. The summed E-state index contributed by atoms with van der Waals surface area (Å²) in [5.74, 6) is 4.03. The highest BCUT2D eigenvalue weighted by Crippen LogP contribution is 2.66. The number of nitrogens with zero attached hydrogens (tertiary/aromatic N) is 3. The molecule has 0 aromatic carbocycles. The lowest BCUT2D eigenvalue weighted by Crippen LogP contribution is -2.48. The maximum absolute atomic E-state index is 12.1. The van der Waals surface area contributed by atoms with Crippen molar-refractivity contribution in [2.24, 2.45) is 40.9 Å². The second-order valence-corrected chi connectivity index (χ2v) is 14.9. The molecule has 220 valence electrons. The molecule has 1 spiro atoms. The second-order valence-electron chi connectivity index (χ2n) is 14.9. The van der Waals surface area contributed by atoms with Gasteiger partial charge in [0, 0.05) is 12.0 Å². The highest BCUT2D eigenvalue weighted by Gasteiger charge is 2.59. The van der Waals surface area contributed by atoms with Crippen LogP contribution in [0.25, 0.3) is 0 Å². The molecule has 0 radical (unpaired) electrons. The molecule has 5 fully saturated rings. The Kier molecular flexibility index (Phi) is 6.73. The Hall–Kier alpha value is -1.73. The molecule has 7 heteroatoms. The zero-order valence-corrected chi connectivity index (χ0v) is 25.3. The largest absolute Gasteiger partial charge is 0.461 e. The van der Waals surface area contributed by atoms with Crippen molar-refractivity contribution in [3.63, 3.8) is 0 Å². The van der Waals surface area contributed by atoms with E-state index in [1.807, 2.05) is 23.4 Å². The molecule has 11 atom stereocenters. The summed E-state index contributed by atoms with van der Waals surface area (Å²) < 4.78 is 14.2. The minimum absolute atomic E-state index is 0.0304. The lowest BCUT2D eigenvalue weighted by atomic mass is 9.52. The maximum Gasteiger partial charge on any atom is 0.360 e. The van der Waals surface area contributed by atoms with Gasteiger partial charge in [-0.25, -0.2) is 9.48 Å². The van der Waals surface area contributed by atoms with Crippen molar-refractivity contribution in [1.29, 1.82) is 0 Å². The number of esters is 1. The van der Waals surface area contributed by atoms with Gasteiger partial charge in [0.2, 0.25) is 0 Å². The third-order valence-corrected chi connectivity index (χ3v) is 13.0. The summed E-state index contributed by atoms with van der Waals surface area (Å²) in [4.78, 5) is 12.1. The van der Waals surface area contributed by atoms with Crippen molar-refractivity contribution in [3.05, 3.63) is 23.0 Å². The van der Waals surface area contributed by atoms with Gasteiger partial charge in [-0.1, -0.05) is 37.1 Å². The number of nitrogens with one attached hydrogen (secondary N) is 1. The van der Waals surface area contributed by atoms with Gasteiger partial charge < -0.3 is 14.8 Å². The van der Waals surface area contributed by atoms with Crippen molar-refractivity contribution in [1.82, 2.24) is 20.3 Å². The Labute approximate surface area is 240 Å². The van der Waals surface area contributed by atoms with Crippen LogP contribution in [0, 0.1) is 40.9 Å². The fraction of sp³-hybridized carbons (Fsp3) is 0.848. The maximum atomic E-state index is 12.1. The van der Waals surface area contributed by atoms with Gasteiger partial charge >= 0.3 is 5.97 Å². The zero-order chi connectivity index (χ0) is 27.8. The smallest absolute Gasteiger partial charge is 0.360 e. The Morgan fingerprint density at radius 3 is 2.88 bits per heavy atom. The Balaban J connectivity index is 1.08. The molecule has 2 saturated heterocycles. The van der Waals surface area contributed by atoms with Crippen LogP contribution in [-0.4, -0.2) is 51.9 Å². The van der Waals surface area contributed by atoms with E-state index in [-0.39, 0.29) is 11.6 Å². The van der Waals surface area contributed by atoms with Crippen LogP contribution in [0.5, 0.6) is 0 Å². The minimum Gasteiger partial charge on any atom is -0.461 e. The summed E-state index contributed by atoms with van der Waals surface area (Å²) in [5, 5.41) is 12.4. The van der Waals surface area contributed by atoms with Crippen molar-refractivity contribution in [2.45, 2.75) is 123 Å².